The summed E-state index contributed by atoms with van der Waals surface area (Å²) in [7, 11) is 0. The summed E-state index contributed by atoms with van der Waals surface area (Å²) in [5.41, 5.74) is 2.70. The minimum absolute atomic E-state index is 0.110. The van der Waals surface area contributed by atoms with Gasteiger partial charge in [0, 0.05) is 19.3 Å². The van der Waals surface area contributed by atoms with Crippen molar-refractivity contribution in [2.45, 2.75) is 26.3 Å². The molecule has 1 fully saturated rings. The molecule has 4 nitrogen and oxygen atoms in total. The summed E-state index contributed by atoms with van der Waals surface area (Å²) in [6, 6.07) is 14.3. The summed E-state index contributed by atoms with van der Waals surface area (Å²) >= 11 is 1.63. The number of amides is 1. The van der Waals surface area contributed by atoms with Crippen molar-refractivity contribution < 1.29 is 4.79 Å². The van der Waals surface area contributed by atoms with E-state index < -0.39 is 0 Å². The molecule has 2 aromatic heterocycles. The zero-order valence-corrected chi connectivity index (χ0v) is 15.8. The molecule has 4 rings (SSSR count). The van der Waals surface area contributed by atoms with Crippen molar-refractivity contribution in [3.63, 3.8) is 0 Å². The molecule has 1 amide bonds. The third-order valence-corrected chi connectivity index (χ3v) is 5.75. The highest BCUT2D eigenvalue weighted by Crippen LogP contribution is 2.29. The molecule has 0 spiro atoms. The molecule has 1 aliphatic rings. The van der Waals surface area contributed by atoms with Crippen molar-refractivity contribution in [3.05, 3.63) is 65.2 Å². The van der Waals surface area contributed by atoms with E-state index in [1.165, 1.54) is 12.0 Å². The van der Waals surface area contributed by atoms with Gasteiger partial charge in [-0.2, -0.15) is 5.10 Å². The van der Waals surface area contributed by atoms with Gasteiger partial charge in [-0.15, -0.1) is 11.3 Å². The third-order valence-electron chi connectivity index (χ3n) is 4.88. The fraction of sp³-hybridized carbons (Fsp3) is 0.333. The van der Waals surface area contributed by atoms with Gasteiger partial charge in [0.1, 0.15) is 5.69 Å². The van der Waals surface area contributed by atoms with Gasteiger partial charge < -0.3 is 4.90 Å². The van der Waals surface area contributed by atoms with Crippen molar-refractivity contribution in [2.24, 2.45) is 5.92 Å². The maximum Gasteiger partial charge on any atom is 0.257 e. The van der Waals surface area contributed by atoms with Crippen LogP contribution in [0.3, 0.4) is 0 Å². The summed E-state index contributed by atoms with van der Waals surface area (Å²) in [4.78, 5) is 16.2. The Kier molecular flexibility index (Phi) is 4.89. The zero-order chi connectivity index (χ0) is 17.9. The topological polar surface area (TPSA) is 38.1 Å². The second kappa shape index (κ2) is 7.46. The SMILES string of the molecule is CC1CCCN(C(=O)c2cn(Cc3ccccc3)nc2-c2cccs2)C1. The zero-order valence-electron chi connectivity index (χ0n) is 15.0. The maximum atomic E-state index is 13.2. The minimum Gasteiger partial charge on any atom is -0.338 e. The van der Waals surface area contributed by atoms with Crippen LogP contribution in [0.15, 0.2) is 54.0 Å². The van der Waals surface area contributed by atoms with Gasteiger partial charge in [0.25, 0.3) is 5.91 Å². The maximum absolute atomic E-state index is 13.2. The number of likely N-dealkylation sites (tertiary alicyclic amines) is 1. The van der Waals surface area contributed by atoms with Gasteiger partial charge in [0.2, 0.25) is 0 Å². The lowest BCUT2D eigenvalue weighted by molar-refractivity contribution is 0.0683. The van der Waals surface area contributed by atoms with Crippen LogP contribution in [0.5, 0.6) is 0 Å². The first-order valence-corrected chi connectivity index (χ1v) is 10.0. The normalized spacial score (nSPS) is 17.4. The minimum atomic E-state index is 0.110. The van der Waals surface area contributed by atoms with E-state index in [4.69, 9.17) is 5.10 Å². The van der Waals surface area contributed by atoms with Crippen LogP contribution in [-0.4, -0.2) is 33.7 Å². The van der Waals surface area contributed by atoms with Gasteiger partial charge in [0.05, 0.1) is 17.0 Å². The van der Waals surface area contributed by atoms with Gasteiger partial charge in [-0.3, -0.25) is 9.48 Å². The predicted octanol–water partition coefficient (Wildman–Crippen LogP) is 4.53. The lowest BCUT2D eigenvalue weighted by Crippen LogP contribution is -2.39. The second-order valence-electron chi connectivity index (χ2n) is 7.05. The number of carbonyl (C=O) groups is 1. The highest BCUT2D eigenvalue weighted by molar-refractivity contribution is 7.13. The van der Waals surface area contributed by atoms with E-state index in [2.05, 4.69) is 19.1 Å². The largest absolute Gasteiger partial charge is 0.338 e. The molecule has 3 aromatic rings. The molecule has 1 aliphatic heterocycles. The van der Waals surface area contributed by atoms with Gasteiger partial charge in [-0.1, -0.05) is 43.3 Å². The number of benzene rings is 1. The lowest BCUT2D eigenvalue weighted by Gasteiger charge is -2.30. The first kappa shape index (κ1) is 17.0. The van der Waals surface area contributed by atoms with Crippen LogP contribution in [-0.2, 0) is 6.54 Å². The number of rotatable bonds is 4. The van der Waals surface area contributed by atoms with E-state index >= 15 is 0 Å². The number of carbonyl (C=O) groups excluding carboxylic acids is 1. The first-order chi connectivity index (χ1) is 12.7. The second-order valence-corrected chi connectivity index (χ2v) is 8.00. The standard InChI is InChI=1S/C21H23N3OS/c1-16-7-5-11-23(13-16)21(25)18-15-24(14-17-8-3-2-4-9-17)22-20(18)19-10-6-12-26-19/h2-4,6,8-10,12,15-16H,5,7,11,13-14H2,1H3. The molecule has 0 radical (unpaired) electrons. The molecule has 1 unspecified atom stereocenters. The van der Waals surface area contributed by atoms with Crippen LogP contribution in [0.25, 0.3) is 10.6 Å². The molecule has 0 N–H and O–H groups in total. The number of hydrogen-bond acceptors (Lipinski definition) is 3. The third kappa shape index (κ3) is 3.58. The van der Waals surface area contributed by atoms with E-state index in [0.29, 0.717) is 12.5 Å². The molecule has 1 atom stereocenters. The molecule has 5 heteroatoms. The van der Waals surface area contributed by atoms with Crippen molar-refractivity contribution in [1.82, 2.24) is 14.7 Å². The molecule has 0 aliphatic carbocycles. The van der Waals surface area contributed by atoms with Crippen LogP contribution in [0.4, 0.5) is 0 Å². The molecular formula is C21H23N3OS. The Morgan fingerprint density at radius 3 is 2.81 bits per heavy atom. The highest BCUT2D eigenvalue weighted by atomic mass is 32.1. The van der Waals surface area contributed by atoms with E-state index in [0.717, 1.165) is 35.6 Å². The number of aromatic nitrogens is 2. The number of hydrogen-bond donors (Lipinski definition) is 0. The Balaban J connectivity index is 1.66. The average Bonchev–Trinajstić information content (AvgIpc) is 3.31. The Hall–Kier alpha value is -2.40. The highest BCUT2D eigenvalue weighted by Gasteiger charge is 2.26. The fourth-order valence-electron chi connectivity index (χ4n) is 3.57. The molecule has 0 bridgehead atoms. The van der Waals surface area contributed by atoms with E-state index in [9.17, 15) is 4.79 Å². The molecule has 26 heavy (non-hydrogen) atoms. The van der Waals surface area contributed by atoms with E-state index in [1.54, 1.807) is 11.3 Å². The smallest absolute Gasteiger partial charge is 0.257 e. The summed E-state index contributed by atoms with van der Waals surface area (Å²) in [6.45, 7) is 4.57. The van der Waals surface area contributed by atoms with Gasteiger partial charge in [0.15, 0.2) is 0 Å². The molecule has 3 heterocycles. The summed E-state index contributed by atoms with van der Waals surface area (Å²) in [6.07, 6.45) is 4.21. The monoisotopic (exact) mass is 365 g/mol. The Labute approximate surface area is 158 Å². The number of piperidine rings is 1. The Bertz CT molecular complexity index is 870. The quantitative estimate of drug-likeness (QED) is 0.681. The van der Waals surface area contributed by atoms with Crippen LogP contribution in [0.2, 0.25) is 0 Å². The number of nitrogens with zero attached hydrogens (tertiary/aromatic N) is 3. The summed E-state index contributed by atoms with van der Waals surface area (Å²) in [5.74, 6) is 0.677. The van der Waals surface area contributed by atoms with Crippen molar-refractivity contribution in [2.75, 3.05) is 13.1 Å². The van der Waals surface area contributed by atoms with Crippen LogP contribution in [0, 0.1) is 5.92 Å². The molecule has 1 aromatic carbocycles. The van der Waals surface area contributed by atoms with Gasteiger partial charge in [-0.05, 0) is 35.8 Å². The van der Waals surface area contributed by atoms with E-state index in [-0.39, 0.29) is 5.91 Å². The van der Waals surface area contributed by atoms with E-state index in [1.807, 2.05) is 51.5 Å². The van der Waals surface area contributed by atoms with Crippen molar-refractivity contribution in [3.8, 4) is 10.6 Å². The van der Waals surface area contributed by atoms with Crippen molar-refractivity contribution in [1.29, 1.82) is 0 Å². The van der Waals surface area contributed by atoms with Crippen LogP contribution >= 0.6 is 11.3 Å². The molecule has 1 saturated heterocycles. The molecular weight excluding hydrogens is 342 g/mol. The Morgan fingerprint density at radius 1 is 1.23 bits per heavy atom. The number of thiophene rings is 1. The van der Waals surface area contributed by atoms with Crippen LogP contribution in [0.1, 0.15) is 35.7 Å². The first-order valence-electron chi connectivity index (χ1n) is 9.15. The summed E-state index contributed by atoms with van der Waals surface area (Å²) in [5, 5.41) is 6.79. The predicted molar refractivity (Wildman–Crippen MR) is 105 cm³/mol. The summed E-state index contributed by atoms with van der Waals surface area (Å²) < 4.78 is 1.89. The molecule has 134 valence electrons. The fourth-order valence-corrected chi connectivity index (χ4v) is 4.29. The lowest BCUT2D eigenvalue weighted by atomic mass is 9.99. The average molecular weight is 366 g/mol. The van der Waals surface area contributed by atoms with Gasteiger partial charge >= 0.3 is 0 Å². The Morgan fingerprint density at radius 2 is 2.08 bits per heavy atom. The van der Waals surface area contributed by atoms with Crippen LogP contribution < -0.4 is 0 Å². The van der Waals surface area contributed by atoms with Gasteiger partial charge in [-0.25, -0.2) is 0 Å². The molecule has 0 saturated carbocycles. The van der Waals surface area contributed by atoms with Crippen molar-refractivity contribution >= 4 is 17.2 Å².